The van der Waals surface area contributed by atoms with Crippen LogP contribution < -0.4 is 5.32 Å². The number of rotatable bonds is 6. The fourth-order valence-corrected chi connectivity index (χ4v) is 3.04. The van der Waals surface area contributed by atoms with E-state index in [0.717, 1.165) is 4.90 Å². The number of amides is 3. The number of esters is 1. The molecule has 1 aliphatic heterocycles. The molecule has 2 heterocycles. The van der Waals surface area contributed by atoms with Gasteiger partial charge in [0.15, 0.2) is 6.10 Å². The number of anilines is 1. The lowest BCUT2D eigenvalue weighted by Crippen LogP contribution is -2.45. The van der Waals surface area contributed by atoms with Gasteiger partial charge in [0, 0.05) is 12.1 Å². The summed E-state index contributed by atoms with van der Waals surface area (Å²) in [5, 5.41) is 6.77. The van der Waals surface area contributed by atoms with E-state index in [1.807, 2.05) is 13.8 Å². The average Bonchev–Trinajstić information content (AvgIpc) is 3.24. The van der Waals surface area contributed by atoms with E-state index in [2.05, 4.69) is 10.4 Å². The smallest absolute Gasteiger partial charge is 0.329 e. The first-order valence-corrected chi connectivity index (χ1v) is 9.24. The first-order chi connectivity index (χ1) is 13.7. The maximum atomic E-state index is 12.5. The van der Waals surface area contributed by atoms with Gasteiger partial charge in [0.1, 0.15) is 11.9 Å². The first kappa shape index (κ1) is 20.2. The minimum atomic E-state index is -1.17. The lowest BCUT2D eigenvalue weighted by Gasteiger charge is -2.23. The van der Waals surface area contributed by atoms with Crippen LogP contribution in [0.2, 0.25) is 0 Å². The fourth-order valence-electron chi connectivity index (χ4n) is 3.04. The van der Waals surface area contributed by atoms with Crippen molar-refractivity contribution in [3.63, 3.8) is 0 Å². The molecule has 1 N–H and O–H groups in total. The highest BCUT2D eigenvalue weighted by Gasteiger charge is 2.41. The van der Waals surface area contributed by atoms with Gasteiger partial charge in [-0.1, -0.05) is 12.1 Å². The van der Waals surface area contributed by atoms with Gasteiger partial charge in [-0.05, 0) is 39.8 Å². The van der Waals surface area contributed by atoms with Crippen molar-refractivity contribution in [1.82, 2.24) is 14.7 Å². The molecule has 3 amide bonds. The number of nitrogens with zero attached hydrogens (tertiary/aromatic N) is 3. The number of nitrogens with one attached hydrogen (secondary N) is 1. The molecule has 0 bridgehead atoms. The summed E-state index contributed by atoms with van der Waals surface area (Å²) in [6.07, 6.45) is 0.423. The van der Waals surface area contributed by atoms with Crippen molar-refractivity contribution in [2.45, 2.75) is 45.9 Å². The predicted octanol–water partition coefficient (Wildman–Crippen LogP) is 2.02. The van der Waals surface area contributed by atoms with Crippen LogP contribution in [0.25, 0.3) is 0 Å². The molecule has 152 valence electrons. The van der Waals surface area contributed by atoms with E-state index in [1.54, 1.807) is 29.1 Å². The molecular formula is C20H22N4O5. The van der Waals surface area contributed by atoms with Crippen LogP contribution in [0.4, 0.5) is 5.82 Å². The number of aromatic nitrogens is 2. The van der Waals surface area contributed by atoms with Crippen molar-refractivity contribution in [3.8, 4) is 0 Å². The molecular weight excluding hydrogens is 376 g/mol. The second-order valence-corrected chi connectivity index (χ2v) is 7.02. The fraction of sp³-hybridized carbons (Fsp3) is 0.350. The maximum Gasteiger partial charge on any atom is 0.329 e. The Kier molecular flexibility index (Phi) is 5.49. The number of carbonyl (C=O) groups excluding carboxylic acids is 4. The number of carbonyl (C=O) groups is 4. The zero-order chi connectivity index (χ0) is 21.3. The van der Waals surface area contributed by atoms with E-state index in [9.17, 15) is 19.2 Å². The van der Waals surface area contributed by atoms with Crippen LogP contribution >= 0.6 is 0 Å². The molecule has 3 rings (SSSR count). The number of hydrogen-bond donors (Lipinski definition) is 1. The van der Waals surface area contributed by atoms with Crippen molar-refractivity contribution >= 4 is 29.5 Å². The lowest BCUT2D eigenvalue weighted by atomic mass is 10.1. The van der Waals surface area contributed by atoms with Crippen LogP contribution in [0.3, 0.4) is 0 Å². The zero-order valence-corrected chi connectivity index (χ0v) is 16.6. The monoisotopic (exact) mass is 398 g/mol. The van der Waals surface area contributed by atoms with E-state index >= 15 is 0 Å². The van der Waals surface area contributed by atoms with Crippen LogP contribution in [0.15, 0.2) is 36.5 Å². The van der Waals surface area contributed by atoms with E-state index in [4.69, 9.17) is 4.74 Å². The Balaban J connectivity index is 1.65. The highest BCUT2D eigenvalue weighted by molar-refractivity contribution is 6.22. The number of benzene rings is 1. The maximum absolute atomic E-state index is 12.5. The predicted molar refractivity (Wildman–Crippen MR) is 103 cm³/mol. The van der Waals surface area contributed by atoms with E-state index in [1.165, 1.54) is 26.0 Å². The Morgan fingerprint density at radius 3 is 2.14 bits per heavy atom. The molecule has 0 radical (unpaired) electrons. The quantitative estimate of drug-likeness (QED) is 0.589. The lowest BCUT2D eigenvalue weighted by molar-refractivity contribution is -0.156. The Morgan fingerprint density at radius 2 is 1.59 bits per heavy atom. The third-order valence-corrected chi connectivity index (χ3v) is 4.63. The van der Waals surface area contributed by atoms with Gasteiger partial charge in [0.05, 0.1) is 17.3 Å². The molecule has 2 atom stereocenters. The van der Waals surface area contributed by atoms with E-state index < -0.39 is 35.8 Å². The molecule has 1 aromatic carbocycles. The molecule has 0 aliphatic carbocycles. The summed E-state index contributed by atoms with van der Waals surface area (Å²) in [6, 6.07) is 6.85. The molecule has 0 saturated heterocycles. The topological polar surface area (TPSA) is 111 Å². The summed E-state index contributed by atoms with van der Waals surface area (Å²) in [5.74, 6) is -2.04. The molecule has 9 nitrogen and oxygen atoms in total. The molecule has 0 unspecified atom stereocenters. The first-order valence-electron chi connectivity index (χ1n) is 9.24. The molecule has 2 aromatic rings. The van der Waals surface area contributed by atoms with Gasteiger partial charge < -0.3 is 10.1 Å². The van der Waals surface area contributed by atoms with Crippen LogP contribution in [0.5, 0.6) is 0 Å². The standard InChI is InChI=1S/C20H22N4O5/c1-11(2)24-16(9-10-21-24)22-17(25)13(4)29-20(28)12(3)23-18(26)14-7-5-6-8-15(14)19(23)27/h5-13H,1-4H3,(H,22,25)/t12-,13+/m0/s1. The molecule has 0 saturated carbocycles. The van der Waals surface area contributed by atoms with Gasteiger partial charge in [-0.25, -0.2) is 9.48 Å². The Hall–Kier alpha value is -3.49. The van der Waals surface area contributed by atoms with Crippen LogP contribution in [-0.4, -0.2) is 50.5 Å². The molecule has 29 heavy (non-hydrogen) atoms. The summed E-state index contributed by atoms with van der Waals surface area (Å²) >= 11 is 0. The number of hydrogen-bond acceptors (Lipinski definition) is 6. The summed E-state index contributed by atoms with van der Waals surface area (Å²) < 4.78 is 6.82. The highest BCUT2D eigenvalue weighted by Crippen LogP contribution is 2.25. The van der Waals surface area contributed by atoms with E-state index in [0.29, 0.717) is 5.82 Å². The SMILES string of the molecule is CC(C)n1nccc1NC(=O)[C@@H](C)OC(=O)[C@H](C)N1C(=O)c2ccccc2C1=O. The van der Waals surface area contributed by atoms with E-state index in [-0.39, 0.29) is 17.2 Å². The van der Waals surface area contributed by atoms with Crippen molar-refractivity contribution in [2.24, 2.45) is 0 Å². The van der Waals surface area contributed by atoms with Crippen molar-refractivity contribution in [1.29, 1.82) is 0 Å². The minimum absolute atomic E-state index is 0.0343. The van der Waals surface area contributed by atoms with Gasteiger partial charge in [-0.2, -0.15) is 5.10 Å². The molecule has 0 spiro atoms. The Morgan fingerprint density at radius 1 is 1.00 bits per heavy atom. The van der Waals surface area contributed by atoms with Crippen LogP contribution in [0.1, 0.15) is 54.5 Å². The third kappa shape index (κ3) is 3.75. The zero-order valence-electron chi connectivity index (χ0n) is 16.6. The Labute approximate surface area is 167 Å². The molecule has 1 aliphatic rings. The van der Waals surface area contributed by atoms with Gasteiger partial charge in [0.2, 0.25) is 0 Å². The second kappa shape index (κ2) is 7.86. The van der Waals surface area contributed by atoms with Crippen LogP contribution in [-0.2, 0) is 14.3 Å². The van der Waals surface area contributed by atoms with Crippen molar-refractivity contribution in [2.75, 3.05) is 5.32 Å². The highest BCUT2D eigenvalue weighted by atomic mass is 16.5. The summed E-state index contributed by atoms with van der Waals surface area (Å²) in [4.78, 5) is 50.7. The number of ether oxygens (including phenoxy) is 1. The Bertz CT molecular complexity index is 946. The third-order valence-electron chi connectivity index (χ3n) is 4.63. The minimum Gasteiger partial charge on any atom is -0.451 e. The van der Waals surface area contributed by atoms with Crippen molar-refractivity contribution < 1.29 is 23.9 Å². The second-order valence-electron chi connectivity index (χ2n) is 7.02. The number of fused-ring (bicyclic) bond motifs is 1. The largest absolute Gasteiger partial charge is 0.451 e. The van der Waals surface area contributed by atoms with Crippen LogP contribution in [0, 0.1) is 0 Å². The average molecular weight is 398 g/mol. The number of imide groups is 1. The molecule has 1 aromatic heterocycles. The summed E-state index contributed by atoms with van der Waals surface area (Å²) in [5.41, 5.74) is 0.481. The van der Waals surface area contributed by atoms with Gasteiger partial charge in [-0.15, -0.1) is 0 Å². The van der Waals surface area contributed by atoms with Gasteiger partial charge in [0.25, 0.3) is 17.7 Å². The summed E-state index contributed by atoms with van der Waals surface area (Å²) in [7, 11) is 0. The molecule has 9 heteroatoms. The van der Waals surface area contributed by atoms with Gasteiger partial charge in [-0.3, -0.25) is 19.3 Å². The molecule has 0 fully saturated rings. The normalized spacial score (nSPS) is 15.3. The van der Waals surface area contributed by atoms with Crippen molar-refractivity contribution in [3.05, 3.63) is 47.7 Å². The van der Waals surface area contributed by atoms with Gasteiger partial charge >= 0.3 is 5.97 Å². The summed E-state index contributed by atoms with van der Waals surface area (Å²) in [6.45, 7) is 6.63.